The van der Waals surface area contributed by atoms with Crippen LogP contribution in [0.5, 0.6) is 0 Å². The molecule has 2 aromatic heterocycles. The van der Waals surface area contributed by atoms with E-state index in [1.807, 2.05) is 31.5 Å². The van der Waals surface area contributed by atoms with Crippen molar-refractivity contribution >= 4 is 51.3 Å². The first kappa shape index (κ1) is 19.0. The van der Waals surface area contributed by atoms with Crippen molar-refractivity contribution in [2.24, 2.45) is 0 Å². The van der Waals surface area contributed by atoms with Crippen LogP contribution >= 0.6 is 34.2 Å². The number of hydrogen-bond donors (Lipinski definition) is 0. The fraction of sp³-hybridized carbons (Fsp3) is 0.438. The molecule has 0 aliphatic heterocycles. The van der Waals surface area contributed by atoms with Gasteiger partial charge < -0.3 is 14.2 Å². The summed E-state index contributed by atoms with van der Waals surface area (Å²) in [6, 6.07) is -0.250. The lowest BCUT2D eigenvalue weighted by molar-refractivity contribution is 0.0245. The highest BCUT2D eigenvalue weighted by Crippen LogP contribution is 2.27. The minimum atomic E-state index is -0.548. The third-order valence-electron chi connectivity index (χ3n) is 3.40. The summed E-state index contributed by atoms with van der Waals surface area (Å²) in [7, 11) is 1.69. The molecular formula is C16H20ClIN4O2. The Morgan fingerprint density at radius 1 is 1.54 bits per heavy atom. The Bertz CT molecular complexity index is 769. The number of rotatable bonds is 4. The van der Waals surface area contributed by atoms with Crippen molar-refractivity contribution in [1.82, 2.24) is 19.4 Å². The average molecular weight is 463 g/mol. The summed E-state index contributed by atoms with van der Waals surface area (Å²) in [6.45, 7) is 9.84. The molecule has 0 bridgehead atoms. The number of fused-ring (bicyclic) bond motifs is 1. The molecule has 2 heterocycles. The molecule has 24 heavy (non-hydrogen) atoms. The molecule has 0 aliphatic carbocycles. The molecule has 8 heteroatoms. The van der Waals surface area contributed by atoms with Gasteiger partial charge in [0.1, 0.15) is 22.7 Å². The topological polar surface area (TPSA) is 60.2 Å². The molecular weight excluding hydrogens is 443 g/mol. The third-order valence-corrected chi connectivity index (χ3v) is 4.50. The van der Waals surface area contributed by atoms with Crippen molar-refractivity contribution in [3.8, 4) is 0 Å². The maximum atomic E-state index is 12.3. The molecule has 0 spiro atoms. The molecule has 0 fully saturated rings. The molecule has 0 aliphatic rings. The number of ether oxygens (including phenoxy) is 1. The number of likely N-dealkylation sites (N-methyl/N-ethyl adjacent to an activating group) is 1. The van der Waals surface area contributed by atoms with Gasteiger partial charge in [-0.05, 0) is 43.4 Å². The van der Waals surface area contributed by atoms with E-state index < -0.39 is 11.7 Å². The van der Waals surface area contributed by atoms with Crippen LogP contribution < -0.4 is 0 Å². The van der Waals surface area contributed by atoms with Crippen molar-refractivity contribution in [1.29, 1.82) is 0 Å². The smallest absolute Gasteiger partial charge is 0.410 e. The van der Waals surface area contributed by atoms with Crippen molar-refractivity contribution in [2.45, 2.75) is 39.0 Å². The van der Waals surface area contributed by atoms with Gasteiger partial charge in [0, 0.05) is 23.4 Å². The highest BCUT2D eigenvalue weighted by molar-refractivity contribution is 14.1. The number of carbonyl (C=O) groups is 1. The minimum absolute atomic E-state index is 0.250. The molecule has 0 N–H and O–H groups in total. The van der Waals surface area contributed by atoms with Crippen molar-refractivity contribution in [3.63, 3.8) is 0 Å². The average Bonchev–Trinajstić information content (AvgIpc) is 2.80. The van der Waals surface area contributed by atoms with Crippen LogP contribution in [0.4, 0.5) is 4.79 Å². The summed E-state index contributed by atoms with van der Waals surface area (Å²) in [5.41, 5.74) is 0.178. The Morgan fingerprint density at radius 3 is 2.79 bits per heavy atom. The largest absolute Gasteiger partial charge is 0.444 e. The summed E-state index contributed by atoms with van der Waals surface area (Å²) in [5.74, 6) is 0. The Labute approximate surface area is 160 Å². The van der Waals surface area contributed by atoms with E-state index in [9.17, 15) is 4.79 Å². The molecule has 1 atom stereocenters. The quantitative estimate of drug-likeness (QED) is 0.390. The van der Waals surface area contributed by atoms with E-state index in [1.165, 1.54) is 11.2 Å². The second-order valence-electron chi connectivity index (χ2n) is 6.39. The standard InChI is InChI=1S/C16H20ClIN4O2/c1-6-10(21(5)15(23)24-16(2,3)4)7-22-8-11(18)12-13(17)19-9-20-14(12)22/h6,8-10H,1,7H2,2-5H3/t10-/m0/s1. The van der Waals surface area contributed by atoms with Gasteiger partial charge in [0.2, 0.25) is 0 Å². The van der Waals surface area contributed by atoms with Crippen LogP contribution in [-0.2, 0) is 11.3 Å². The molecule has 1 amide bonds. The maximum absolute atomic E-state index is 12.3. The molecule has 0 unspecified atom stereocenters. The summed E-state index contributed by atoms with van der Waals surface area (Å²) >= 11 is 8.35. The first-order chi connectivity index (χ1) is 11.1. The van der Waals surface area contributed by atoms with Gasteiger partial charge in [-0.15, -0.1) is 6.58 Å². The first-order valence-corrected chi connectivity index (χ1v) is 8.83. The number of hydrogen-bond acceptors (Lipinski definition) is 4. The second-order valence-corrected chi connectivity index (χ2v) is 7.91. The molecule has 2 aromatic rings. The van der Waals surface area contributed by atoms with Gasteiger partial charge in [0.15, 0.2) is 0 Å². The van der Waals surface area contributed by atoms with Crippen LogP contribution in [0.25, 0.3) is 11.0 Å². The van der Waals surface area contributed by atoms with Crippen LogP contribution in [0.15, 0.2) is 25.2 Å². The van der Waals surface area contributed by atoms with Crippen LogP contribution in [-0.4, -0.2) is 44.2 Å². The molecule has 0 saturated heterocycles. The minimum Gasteiger partial charge on any atom is -0.444 e. The number of aromatic nitrogens is 3. The van der Waals surface area contributed by atoms with E-state index in [2.05, 4.69) is 39.1 Å². The lowest BCUT2D eigenvalue weighted by Gasteiger charge is -2.29. The maximum Gasteiger partial charge on any atom is 0.410 e. The SMILES string of the molecule is C=C[C@@H](Cn1cc(I)c2c(Cl)ncnc21)N(C)C(=O)OC(C)(C)C. The zero-order valence-electron chi connectivity index (χ0n) is 14.1. The summed E-state index contributed by atoms with van der Waals surface area (Å²) in [6.07, 6.45) is 4.68. The van der Waals surface area contributed by atoms with Gasteiger partial charge in [-0.3, -0.25) is 0 Å². The highest BCUT2D eigenvalue weighted by atomic mass is 127. The van der Waals surface area contributed by atoms with Crippen LogP contribution in [0.1, 0.15) is 20.8 Å². The Kier molecular flexibility index (Phi) is 5.74. The molecule has 2 rings (SSSR count). The third kappa shape index (κ3) is 4.18. The van der Waals surface area contributed by atoms with Gasteiger partial charge >= 0.3 is 6.09 Å². The van der Waals surface area contributed by atoms with Crippen LogP contribution in [0, 0.1) is 3.57 Å². The fourth-order valence-electron chi connectivity index (χ4n) is 2.21. The summed E-state index contributed by atoms with van der Waals surface area (Å²) < 4.78 is 8.31. The van der Waals surface area contributed by atoms with E-state index in [0.29, 0.717) is 11.7 Å². The monoisotopic (exact) mass is 462 g/mol. The summed E-state index contributed by atoms with van der Waals surface area (Å²) in [5, 5.41) is 1.22. The summed E-state index contributed by atoms with van der Waals surface area (Å²) in [4.78, 5) is 22.1. The molecule has 6 nitrogen and oxygen atoms in total. The molecule has 0 aromatic carbocycles. The van der Waals surface area contributed by atoms with E-state index in [-0.39, 0.29) is 6.04 Å². The lowest BCUT2D eigenvalue weighted by atomic mass is 10.2. The van der Waals surface area contributed by atoms with Crippen molar-refractivity contribution in [2.75, 3.05) is 7.05 Å². The predicted molar refractivity (Wildman–Crippen MR) is 103 cm³/mol. The van der Waals surface area contributed by atoms with E-state index in [0.717, 1.165) is 14.6 Å². The molecule has 0 saturated carbocycles. The van der Waals surface area contributed by atoms with Crippen molar-refractivity contribution in [3.05, 3.63) is 33.9 Å². The predicted octanol–water partition coefficient (Wildman–Crippen LogP) is 4.11. The van der Waals surface area contributed by atoms with E-state index >= 15 is 0 Å². The second kappa shape index (κ2) is 7.26. The first-order valence-electron chi connectivity index (χ1n) is 7.37. The zero-order valence-corrected chi connectivity index (χ0v) is 17.0. The number of nitrogens with zero attached hydrogens (tertiary/aromatic N) is 4. The Balaban J connectivity index is 2.27. The lowest BCUT2D eigenvalue weighted by Crippen LogP contribution is -2.41. The zero-order chi connectivity index (χ0) is 18.1. The highest BCUT2D eigenvalue weighted by Gasteiger charge is 2.25. The Hall–Kier alpha value is -1.35. The van der Waals surface area contributed by atoms with Gasteiger partial charge in [-0.2, -0.15) is 0 Å². The van der Waals surface area contributed by atoms with Gasteiger partial charge in [-0.25, -0.2) is 14.8 Å². The normalized spacial score (nSPS) is 12.9. The number of amides is 1. The molecule has 130 valence electrons. The van der Waals surface area contributed by atoms with Gasteiger partial charge in [-0.1, -0.05) is 17.7 Å². The van der Waals surface area contributed by atoms with Crippen molar-refractivity contribution < 1.29 is 9.53 Å². The van der Waals surface area contributed by atoms with E-state index in [1.54, 1.807) is 13.1 Å². The van der Waals surface area contributed by atoms with Crippen LogP contribution in [0.3, 0.4) is 0 Å². The van der Waals surface area contributed by atoms with Gasteiger partial charge in [0.25, 0.3) is 0 Å². The fourth-order valence-corrected chi connectivity index (χ4v) is 3.43. The molecule has 0 radical (unpaired) electrons. The van der Waals surface area contributed by atoms with Crippen LogP contribution in [0.2, 0.25) is 5.15 Å². The Morgan fingerprint density at radius 2 is 2.21 bits per heavy atom. The number of carbonyl (C=O) groups excluding carboxylic acids is 1. The number of halogens is 2. The van der Waals surface area contributed by atoms with Gasteiger partial charge in [0.05, 0.1) is 11.4 Å². The van der Waals surface area contributed by atoms with E-state index in [4.69, 9.17) is 16.3 Å².